The number of nitrogens with one attached hydrogen (secondary N) is 1. The number of nitrogens with zero attached hydrogens (tertiary/aromatic N) is 2. The molecule has 3 N–H and O–H groups in total. The number of hydrogen-bond donors (Lipinski definition) is 2. The van der Waals surface area contributed by atoms with Crippen LogP contribution >= 0.6 is 0 Å². The van der Waals surface area contributed by atoms with E-state index in [0.29, 0.717) is 0 Å². The number of carbonyl (C=O) groups is 1. The molecule has 0 unspecified atom stereocenters. The van der Waals surface area contributed by atoms with Crippen LogP contribution in [-0.2, 0) is 0 Å². The predicted octanol–water partition coefficient (Wildman–Crippen LogP) is 3.24. The van der Waals surface area contributed by atoms with E-state index in [1.165, 1.54) is 24.4 Å². The molecular formula is C17H12F4N4O2. The summed E-state index contributed by atoms with van der Waals surface area (Å²) in [5.41, 5.74) is 4.91. The number of carbonyl (C=O) groups excluding carboxylic acids is 1. The first-order valence-corrected chi connectivity index (χ1v) is 7.27. The maximum atomic E-state index is 13.4. The number of benzene rings is 1. The van der Waals surface area contributed by atoms with Crippen molar-refractivity contribution in [3.8, 4) is 5.75 Å². The number of ether oxygens (including phenoxy) is 1. The van der Waals surface area contributed by atoms with Crippen molar-refractivity contribution >= 4 is 17.5 Å². The Bertz CT molecular complexity index is 923. The summed E-state index contributed by atoms with van der Waals surface area (Å²) in [6.07, 6.45) is -1.44. The quantitative estimate of drug-likeness (QED) is 0.472. The molecule has 2 rings (SSSR count). The molecule has 1 heterocycles. The van der Waals surface area contributed by atoms with Gasteiger partial charge >= 0.3 is 12.3 Å². The fraction of sp³-hybridized carbons (Fsp3) is 0.0588. The summed E-state index contributed by atoms with van der Waals surface area (Å²) in [6, 6.07) is 7.11. The van der Waals surface area contributed by atoms with Crippen LogP contribution in [0.2, 0.25) is 0 Å². The molecule has 0 aliphatic carbocycles. The summed E-state index contributed by atoms with van der Waals surface area (Å²) in [4.78, 5) is 18.8. The van der Waals surface area contributed by atoms with E-state index in [9.17, 15) is 22.4 Å². The van der Waals surface area contributed by atoms with Gasteiger partial charge in [0.05, 0.1) is 5.71 Å². The number of amides is 1. The van der Waals surface area contributed by atoms with E-state index < -0.39 is 29.5 Å². The van der Waals surface area contributed by atoms with Gasteiger partial charge in [-0.15, -0.1) is 13.2 Å². The SMILES string of the molecule is N=C(/C=C\C(N)=NC(=O)c1ncccc1F)c1cccc(OC(F)(F)F)c1. The first kappa shape index (κ1) is 19.8. The van der Waals surface area contributed by atoms with Crippen LogP contribution in [0.3, 0.4) is 0 Å². The molecule has 0 atom stereocenters. The Morgan fingerprint density at radius 1 is 1.22 bits per heavy atom. The van der Waals surface area contributed by atoms with E-state index in [1.807, 2.05) is 0 Å². The third-order valence-corrected chi connectivity index (χ3v) is 2.99. The lowest BCUT2D eigenvalue weighted by atomic mass is 10.1. The van der Waals surface area contributed by atoms with Gasteiger partial charge in [0.2, 0.25) is 0 Å². The van der Waals surface area contributed by atoms with Gasteiger partial charge in [-0.2, -0.15) is 4.99 Å². The van der Waals surface area contributed by atoms with Gasteiger partial charge in [0.25, 0.3) is 0 Å². The monoisotopic (exact) mass is 380 g/mol. The molecule has 2 aromatic rings. The van der Waals surface area contributed by atoms with Crippen LogP contribution in [0.25, 0.3) is 0 Å². The molecule has 0 aliphatic rings. The van der Waals surface area contributed by atoms with Crippen molar-refractivity contribution in [2.24, 2.45) is 10.7 Å². The molecule has 0 aliphatic heterocycles. The van der Waals surface area contributed by atoms with Crippen LogP contribution in [0.4, 0.5) is 17.6 Å². The number of alkyl halides is 3. The first-order valence-electron chi connectivity index (χ1n) is 7.27. The Morgan fingerprint density at radius 3 is 2.63 bits per heavy atom. The summed E-state index contributed by atoms with van der Waals surface area (Å²) in [7, 11) is 0. The zero-order valence-electron chi connectivity index (χ0n) is 13.5. The van der Waals surface area contributed by atoms with Gasteiger partial charge in [-0.1, -0.05) is 12.1 Å². The van der Waals surface area contributed by atoms with Crippen molar-refractivity contribution < 1.29 is 27.1 Å². The number of rotatable bonds is 5. The van der Waals surface area contributed by atoms with Crippen LogP contribution in [0.15, 0.2) is 59.7 Å². The van der Waals surface area contributed by atoms with Crippen LogP contribution in [0, 0.1) is 11.2 Å². The molecule has 1 aromatic heterocycles. The maximum Gasteiger partial charge on any atom is 0.573 e. The lowest BCUT2D eigenvalue weighted by Crippen LogP contribution is -2.17. The molecule has 1 amide bonds. The van der Waals surface area contributed by atoms with E-state index in [1.54, 1.807) is 0 Å². The summed E-state index contributed by atoms with van der Waals surface area (Å²) in [6.45, 7) is 0. The second-order valence-electron chi connectivity index (χ2n) is 5.00. The molecule has 6 nitrogen and oxygen atoms in total. The second-order valence-corrected chi connectivity index (χ2v) is 5.00. The minimum atomic E-state index is -4.85. The lowest BCUT2D eigenvalue weighted by Gasteiger charge is -2.09. The first-order chi connectivity index (χ1) is 12.7. The molecule has 0 radical (unpaired) electrons. The van der Waals surface area contributed by atoms with E-state index in [4.69, 9.17) is 11.1 Å². The normalized spacial score (nSPS) is 12.2. The molecule has 0 spiro atoms. The lowest BCUT2D eigenvalue weighted by molar-refractivity contribution is -0.274. The molecule has 10 heteroatoms. The summed E-state index contributed by atoms with van der Waals surface area (Å²) >= 11 is 0. The van der Waals surface area contributed by atoms with Crippen LogP contribution in [0.5, 0.6) is 5.75 Å². The number of nitrogens with two attached hydrogens (primary N) is 1. The van der Waals surface area contributed by atoms with Gasteiger partial charge in [-0.25, -0.2) is 9.37 Å². The van der Waals surface area contributed by atoms with Gasteiger partial charge in [-0.3, -0.25) is 4.79 Å². The highest BCUT2D eigenvalue weighted by atomic mass is 19.4. The van der Waals surface area contributed by atoms with Crippen LogP contribution < -0.4 is 10.5 Å². The van der Waals surface area contributed by atoms with E-state index >= 15 is 0 Å². The standard InChI is InChI=1S/C17H12F4N4O2/c18-12-5-2-8-24-15(12)16(26)25-14(23)7-6-13(22)10-3-1-4-11(9-10)27-17(19,20)21/h1-9,22H,(H2,23,25,26)/b7-6-,22-13?. The molecule has 0 saturated carbocycles. The van der Waals surface area contributed by atoms with Crippen molar-refractivity contribution in [3.63, 3.8) is 0 Å². The summed E-state index contributed by atoms with van der Waals surface area (Å²) < 4.78 is 53.9. The Kier molecular flexibility index (Phi) is 6.01. The zero-order valence-corrected chi connectivity index (χ0v) is 13.5. The number of pyridine rings is 1. The number of amidine groups is 1. The Morgan fingerprint density at radius 2 is 1.96 bits per heavy atom. The third-order valence-electron chi connectivity index (χ3n) is 2.99. The van der Waals surface area contributed by atoms with Crippen LogP contribution in [-0.4, -0.2) is 28.8 Å². The highest BCUT2D eigenvalue weighted by Crippen LogP contribution is 2.23. The highest BCUT2D eigenvalue weighted by molar-refractivity contribution is 6.12. The fourth-order valence-corrected chi connectivity index (χ4v) is 1.88. The molecule has 27 heavy (non-hydrogen) atoms. The average molecular weight is 380 g/mol. The van der Waals surface area contributed by atoms with E-state index in [-0.39, 0.29) is 17.1 Å². The number of aliphatic imine (C=N–C) groups is 1. The van der Waals surface area contributed by atoms with Gasteiger partial charge in [0, 0.05) is 11.8 Å². The predicted molar refractivity (Wildman–Crippen MR) is 89.2 cm³/mol. The van der Waals surface area contributed by atoms with Crippen molar-refractivity contribution in [3.05, 3.63) is 71.8 Å². The summed E-state index contributed by atoms with van der Waals surface area (Å²) in [5, 5.41) is 7.84. The van der Waals surface area contributed by atoms with Crippen molar-refractivity contribution in [1.82, 2.24) is 4.98 Å². The topological polar surface area (TPSA) is 101 Å². The fourth-order valence-electron chi connectivity index (χ4n) is 1.88. The third kappa shape index (κ3) is 6.03. The largest absolute Gasteiger partial charge is 0.573 e. The van der Waals surface area contributed by atoms with Crippen molar-refractivity contribution in [2.45, 2.75) is 6.36 Å². The van der Waals surface area contributed by atoms with Gasteiger partial charge in [0.1, 0.15) is 11.6 Å². The number of allylic oxidation sites excluding steroid dienone is 1. The van der Waals surface area contributed by atoms with Gasteiger partial charge < -0.3 is 15.9 Å². The maximum absolute atomic E-state index is 13.4. The molecule has 140 valence electrons. The summed E-state index contributed by atoms with van der Waals surface area (Å²) in [5.74, 6) is -2.70. The molecule has 0 bridgehead atoms. The minimum Gasteiger partial charge on any atom is -0.406 e. The van der Waals surface area contributed by atoms with Crippen molar-refractivity contribution in [1.29, 1.82) is 5.41 Å². The number of aromatic nitrogens is 1. The Hall–Kier alpha value is -3.56. The van der Waals surface area contributed by atoms with E-state index in [2.05, 4.69) is 14.7 Å². The molecule has 0 saturated heterocycles. The van der Waals surface area contributed by atoms with Crippen LogP contribution in [0.1, 0.15) is 16.1 Å². The molecule has 1 aromatic carbocycles. The van der Waals surface area contributed by atoms with Gasteiger partial charge in [0.15, 0.2) is 11.5 Å². The smallest absolute Gasteiger partial charge is 0.406 e. The number of halogens is 4. The molecule has 0 fully saturated rings. The zero-order chi connectivity index (χ0) is 20.0. The Labute approximate surface area is 150 Å². The molecular weight excluding hydrogens is 368 g/mol. The van der Waals surface area contributed by atoms with E-state index in [0.717, 1.165) is 30.4 Å². The minimum absolute atomic E-state index is 0.114. The number of hydrogen-bond acceptors (Lipinski definition) is 4. The average Bonchev–Trinajstić information content (AvgIpc) is 2.58. The highest BCUT2D eigenvalue weighted by Gasteiger charge is 2.31. The van der Waals surface area contributed by atoms with Gasteiger partial charge in [-0.05, 0) is 36.4 Å². The van der Waals surface area contributed by atoms with Crippen molar-refractivity contribution in [2.75, 3.05) is 0 Å². The Balaban J connectivity index is 2.11. The second kappa shape index (κ2) is 8.21.